The predicted octanol–water partition coefficient (Wildman–Crippen LogP) is 4.23. The van der Waals surface area contributed by atoms with Gasteiger partial charge in [-0.15, -0.1) is 0 Å². The van der Waals surface area contributed by atoms with Gasteiger partial charge in [0, 0.05) is 0 Å². The van der Waals surface area contributed by atoms with E-state index in [1.54, 1.807) is 19.1 Å². The summed E-state index contributed by atoms with van der Waals surface area (Å²) in [5.41, 5.74) is 1.73. The Bertz CT molecular complexity index is 532. The average Bonchev–Trinajstić information content (AvgIpc) is 2.40. The van der Waals surface area contributed by atoms with Crippen LogP contribution in [-0.4, -0.2) is 6.61 Å². The van der Waals surface area contributed by atoms with Gasteiger partial charge in [-0.05, 0) is 42.3 Å². The minimum Gasteiger partial charge on any atom is -0.490 e. The third-order valence-electron chi connectivity index (χ3n) is 2.59. The molecule has 0 atom stereocenters. The van der Waals surface area contributed by atoms with Crippen molar-refractivity contribution in [1.82, 2.24) is 0 Å². The highest BCUT2D eigenvalue weighted by Gasteiger charge is 1.98. The van der Waals surface area contributed by atoms with E-state index in [0.717, 1.165) is 5.56 Å². The summed E-state index contributed by atoms with van der Waals surface area (Å²) >= 11 is 0. The van der Waals surface area contributed by atoms with E-state index in [4.69, 9.17) is 4.74 Å². The van der Waals surface area contributed by atoms with Gasteiger partial charge < -0.3 is 4.74 Å². The highest BCUT2D eigenvalue weighted by Crippen LogP contribution is 2.15. The highest BCUT2D eigenvalue weighted by atomic mass is 19.1. The fourth-order valence-electron chi connectivity index (χ4n) is 1.60. The summed E-state index contributed by atoms with van der Waals surface area (Å²) in [5, 5.41) is 0. The van der Waals surface area contributed by atoms with Crippen LogP contribution in [0, 0.1) is 12.7 Å². The first-order valence-electron chi connectivity index (χ1n) is 5.86. The lowest BCUT2D eigenvalue weighted by Gasteiger charge is -2.04. The molecule has 0 spiro atoms. The highest BCUT2D eigenvalue weighted by molar-refractivity contribution is 5.48. The Morgan fingerprint density at radius 1 is 1.11 bits per heavy atom. The molecule has 0 aromatic heterocycles. The monoisotopic (exact) mass is 242 g/mol. The van der Waals surface area contributed by atoms with Crippen LogP contribution in [0.15, 0.2) is 54.6 Å². The molecule has 0 unspecified atom stereocenters. The normalized spacial score (nSPS) is 10.8. The van der Waals surface area contributed by atoms with Crippen molar-refractivity contribution in [2.75, 3.05) is 6.61 Å². The Labute approximate surface area is 107 Å². The van der Waals surface area contributed by atoms with Crippen LogP contribution in [0.3, 0.4) is 0 Å². The molecule has 92 valence electrons. The molecular weight excluding hydrogens is 227 g/mol. The molecule has 18 heavy (non-hydrogen) atoms. The van der Waals surface area contributed by atoms with E-state index in [1.165, 1.54) is 6.07 Å². The van der Waals surface area contributed by atoms with Gasteiger partial charge in [0.25, 0.3) is 0 Å². The summed E-state index contributed by atoms with van der Waals surface area (Å²) in [6.07, 6.45) is 3.93. The third kappa shape index (κ3) is 3.45. The molecule has 2 aromatic carbocycles. The smallest absolute Gasteiger partial charge is 0.126 e. The molecule has 0 saturated carbocycles. The molecule has 0 aliphatic heterocycles. The standard InChI is InChI=1S/C16H15FO/c1-13-12-15(9-10-16(13)17)18-11-5-8-14-6-3-2-4-7-14/h2-10,12H,11H2,1H3/b8-5+. The molecule has 0 aliphatic rings. The quantitative estimate of drug-likeness (QED) is 0.779. The molecule has 2 heteroatoms. The number of benzene rings is 2. The van der Waals surface area contributed by atoms with Crippen LogP contribution in [0.2, 0.25) is 0 Å². The molecule has 0 N–H and O–H groups in total. The maximum atomic E-state index is 13.0. The van der Waals surface area contributed by atoms with Crippen LogP contribution in [0.4, 0.5) is 4.39 Å². The zero-order chi connectivity index (χ0) is 12.8. The van der Waals surface area contributed by atoms with Crippen molar-refractivity contribution in [3.63, 3.8) is 0 Å². The molecule has 0 heterocycles. The van der Waals surface area contributed by atoms with Gasteiger partial charge in [-0.3, -0.25) is 0 Å². The van der Waals surface area contributed by atoms with Crippen molar-refractivity contribution >= 4 is 6.08 Å². The summed E-state index contributed by atoms with van der Waals surface area (Å²) in [7, 11) is 0. The second-order valence-corrected chi connectivity index (χ2v) is 4.04. The van der Waals surface area contributed by atoms with Crippen molar-refractivity contribution in [2.24, 2.45) is 0 Å². The van der Waals surface area contributed by atoms with Gasteiger partial charge in [0.05, 0.1) is 0 Å². The molecule has 0 saturated heterocycles. The lowest BCUT2D eigenvalue weighted by molar-refractivity contribution is 0.362. The number of hydrogen-bond acceptors (Lipinski definition) is 1. The van der Waals surface area contributed by atoms with Crippen LogP contribution in [0.5, 0.6) is 5.75 Å². The van der Waals surface area contributed by atoms with Crippen LogP contribution in [0.1, 0.15) is 11.1 Å². The van der Waals surface area contributed by atoms with Gasteiger partial charge in [0.15, 0.2) is 0 Å². The van der Waals surface area contributed by atoms with Crippen molar-refractivity contribution in [1.29, 1.82) is 0 Å². The summed E-state index contributed by atoms with van der Waals surface area (Å²) in [5.74, 6) is 0.480. The zero-order valence-corrected chi connectivity index (χ0v) is 10.3. The first-order valence-corrected chi connectivity index (χ1v) is 5.86. The number of rotatable bonds is 4. The third-order valence-corrected chi connectivity index (χ3v) is 2.59. The van der Waals surface area contributed by atoms with E-state index in [0.29, 0.717) is 17.9 Å². The average molecular weight is 242 g/mol. The maximum Gasteiger partial charge on any atom is 0.126 e. The Morgan fingerprint density at radius 3 is 2.61 bits per heavy atom. The summed E-state index contributed by atoms with van der Waals surface area (Å²) in [4.78, 5) is 0. The summed E-state index contributed by atoms with van der Waals surface area (Å²) in [6.45, 7) is 2.20. The van der Waals surface area contributed by atoms with Gasteiger partial charge >= 0.3 is 0 Å². The number of halogens is 1. The second-order valence-electron chi connectivity index (χ2n) is 4.04. The predicted molar refractivity (Wildman–Crippen MR) is 72.1 cm³/mol. The summed E-state index contributed by atoms with van der Waals surface area (Å²) in [6, 6.07) is 14.8. The fourth-order valence-corrected chi connectivity index (χ4v) is 1.60. The first kappa shape index (κ1) is 12.4. The van der Waals surface area contributed by atoms with E-state index >= 15 is 0 Å². The molecule has 1 nitrogen and oxygen atoms in total. The van der Waals surface area contributed by atoms with Gasteiger partial charge in [-0.2, -0.15) is 0 Å². The van der Waals surface area contributed by atoms with Crippen molar-refractivity contribution in [3.8, 4) is 5.75 Å². The second kappa shape index (κ2) is 6.01. The Balaban J connectivity index is 1.89. The van der Waals surface area contributed by atoms with Crippen LogP contribution in [0.25, 0.3) is 6.08 Å². The van der Waals surface area contributed by atoms with Crippen LogP contribution in [-0.2, 0) is 0 Å². The first-order chi connectivity index (χ1) is 8.75. The SMILES string of the molecule is Cc1cc(OC/C=C/c2ccccc2)ccc1F. The molecular formula is C16H15FO. The van der Waals surface area contributed by atoms with Crippen molar-refractivity contribution < 1.29 is 9.13 Å². The lowest BCUT2D eigenvalue weighted by atomic mass is 10.2. The molecule has 0 bridgehead atoms. The number of hydrogen-bond donors (Lipinski definition) is 0. The summed E-state index contributed by atoms with van der Waals surface area (Å²) < 4.78 is 18.5. The molecule has 2 rings (SSSR count). The molecule has 0 radical (unpaired) electrons. The van der Waals surface area contributed by atoms with Gasteiger partial charge in [0.2, 0.25) is 0 Å². The van der Waals surface area contributed by atoms with E-state index in [1.807, 2.05) is 42.5 Å². The Hall–Kier alpha value is -2.09. The Morgan fingerprint density at radius 2 is 1.89 bits per heavy atom. The molecule has 0 fully saturated rings. The zero-order valence-electron chi connectivity index (χ0n) is 10.3. The lowest BCUT2D eigenvalue weighted by Crippen LogP contribution is -1.94. The number of ether oxygens (including phenoxy) is 1. The van der Waals surface area contributed by atoms with Crippen LogP contribution < -0.4 is 4.74 Å². The van der Waals surface area contributed by atoms with E-state index in [2.05, 4.69) is 0 Å². The van der Waals surface area contributed by atoms with Crippen molar-refractivity contribution in [2.45, 2.75) is 6.92 Å². The number of aryl methyl sites for hydroxylation is 1. The topological polar surface area (TPSA) is 9.23 Å². The van der Waals surface area contributed by atoms with E-state index in [9.17, 15) is 4.39 Å². The van der Waals surface area contributed by atoms with E-state index < -0.39 is 0 Å². The molecule has 2 aromatic rings. The van der Waals surface area contributed by atoms with Crippen LogP contribution >= 0.6 is 0 Å². The maximum absolute atomic E-state index is 13.0. The van der Waals surface area contributed by atoms with Crippen molar-refractivity contribution in [3.05, 3.63) is 71.6 Å². The molecule has 0 amide bonds. The van der Waals surface area contributed by atoms with Gasteiger partial charge in [-0.25, -0.2) is 4.39 Å². The van der Waals surface area contributed by atoms with E-state index in [-0.39, 0.29) is 5.82 Å². The Kier molecular flexibility index (Phi) is 4.13. The minimum absolute atomic E-state index is 0.206. The van der Waals surface area contributed by atoms with Gasteiger partial charge in [0.1, 0.15) is 18.2 Å². The van der Waals surface area contributed by atoms with Gasteiger partial charge in [-0.1, -0.05) is 36.4 Å². The fraction of sp³-hybridized carbons (Fsp3) is 0.125. The minimum atomic E-state index is -0.206. The largest absolute Gasteiger partial charge is 0.490 e. The molecule has 0 aliphatic carbocycles.